The first kappa shape index (κ1) is 11.8. The predicted molar refractivity (Wildman–Crippen MR) is 65.9 cm³/mol. The largest absolute Gasteiger partial charge is 0.326 e. The Morgan fingerprint density at radius 2 is 2.29 bits per heavy atom. The average molecular weight is 232 g/mol. The van der Waals surface area contributed by atoms with Gasteiger partial charge >= 0.3 is 0 Å². The van der Waals surface area contributed by atoms with Gasteiger partial charge in [0, 0.05) is 18.2 Å². The Morgan fingerprint density at radius 3 is 2.94 bits per heavy atom. The number of carbonyl (C=O) groups excluding carboxylic acids is 2. The summed E-state index contributed by atoms with van der Waals surface area (Å²) >= 11 is 0. The van der Waals surface area contributed by atoms with E-state index in [9.17, 15) is 9.59 Å². The smallest absolute Gasteiger partial charge is 0.228 e. The average Bonchev–Trinajstić information content (AvgIpc) is 2.64. The zero-order valence-electron chi connectivity index (χ0n) is 10.0. The first-order valence-electron chi connectivity index (χ1n) is 5.69. The predicted octanol–water partition coefficient (Wildman–Crippen LogP) is 1.42. The molecule has 1 aromatic rings. The third-order valence-corrected chi connectivity index (χ3v) is 3.00. The van der Waals surface area contributed by atoms with Crippen LogP contribution in [0, 0.1) is 0 Å². The Morgan fingerprint density at radius 1 is 1.53 bits per heavy atom. The standard InChI is InChI=1S/C13H16N2O2/c1-8(16)5-12(14-2)9-3-4-11-10(6-9)7-13(17)15-11/h3-4,6,12,14H,5,7H2,1-2H3,(H,15,17). The summed E-state index contributed by atoms with van der Waals surface area (Å²) in [6.07, 6.45) is 0.899. The van der Waals surface area contributed by atoms with Crippen LogP contribution in [0.1, 0.15) is 30.5 Å². The molecule has 90 valence electrons. The molecule has 4 heteroatoms. The van der Waals surface area contributed by atoms with Gasteiger partial charge in [-0.2, -0.15) is 0 Å². The third kappa shape index (κ3) is 2.53. The fourth-order valence-corrected chi connectivity index (χ4v) is 2.14. The fraction of sp³-hybridized carbons (Fsp3) is 0.385. The van der Waals surface area contributed by atoms with E-state index in [4.69, 9.17) is 0 Å². The highest BCUT2D eigenvalue weighted by atomic mass is 16.1. The van der Waals surface area contributed by atoms with E-state index in [2.05, 4.69) is 10.6 Å². The number of hydrogen-bond acceptors (Lipinski definition) is 3. The zero-order valence-corrected chi connectivity index (χ0v) is 10.0. The Hall–Kier alpha value is -1.68. The number of hydrogen-bond donors (Lipinski definition) is 2. The van der Waals surface area contributed by atoms with Gasteiger partial charge in [0.05, 0.1) is 6.42 Å². The van der Waals surface area contributed by atoms with Crippen molar-refractivity contribution >= 4 is 17.4 Å². The molecule has 0 bridgehead atoms. The molecule has 0 aliphatic carbocycles. The third-order valence-electron chi connectivity index (χ3n) is 3.00. The van der Waals surface area contributed by atoms with Crippen molar-refractivity contribution in [2.24, 2.45) is 0 Å². The van der Waals surface area contributed by atoms with Gasteiger partial charge in [0.25, 0.3) is 0 Å². The normalized spacial score (nSPS) is 15.3. The lowest BCUT2D eigenvalue weighted by atomic mass is 9.99. The Kier molecular flexibility index (Phi) is 3.24. The molecular formula is C13H16N2O2. The number of anilines is 1. The maximum atomic E-state index is 11.2. The van der Waals surface area contributed by atoms with Crippen molar-refractivity contribution in [3.63, 3.8) is 0 Å². The zero-order chi connectivity index (χ0) is 12.4. The van der Waals surface area contributed by atoms with Gasteiger partial charge in [0.15, 0.2) is 0 Å². The van der Waals surface area contributed by atoms with Crippen LogP contribution in [0.3, 0.4) is 0 Å². The van der Waals surface area contributed by atoms with E-state index in [1.54, 1.807) is 6.92 Å². The first-order chi connectivity index (χ1) is 8.10. The molecule has 0 spiro atoms. The maximum Gasteiger partial charge on any atom is 0.228 e. The molecule has 1 aromatic carbocycles. The van der Waals surface area contributed by atoms with Crippen LogP contribution < -0.4 is 10.6 Å². The molecule has 0 saturated heterocycles. The molecule has 1 aliphatic rings. The van der Waals surface area contributed by atoms with Gasteiger partial charge < -0.3 is 10.6 Å². The highest BCUT2D eigenvalue weighted by molar-refractivity contribution is 5.99. The van der Waals surface area contributed by atoms with Crippen LogP contribution in [0.2, 0.25) is 0 Å². The van der Waals surface area contributed by atoms with Gasteiger partial charge in [-0.15, -0.1) is 0 Å². The maximum absolute atomic E-state index is 11.2. The molecular weight excluding hydrogens is 216 g/mol. The number of ketones is 1. The lowest BCUT2D eigenvalue weighted by Crippen LogP contribution is -2.19. The topological polar surface area (TPSA) is 58.2 Å². The van der Waals surface area contributed by atoms with Crippen molar-refractivity contribution in [3.8, 4) is 0 Å². The summed E-state index contributed by atoms with van der Waals surface area (Å²) in [6, 6.07) is 5.87. The lowest BCUT2D eigenvalue weighted by molar-refractivity contribution is -0.117. The van der Waals surface area contributed by atoms with Crippen LogP contribution in [-0.2, 0) is 16.0 Å². The van der Waals surface area contributed by atoms with Gasteiger partial charge in [-0.1, -0.05) is 12.1 Å². The minimum atomic E-state index is 0.0218. The molecule has 17 heavy (non-hydrogen) atoms. The van der Waals surface area contributed by atoms with E-state index in [1.807, 2.05) is 25.2 Å². The molecule has 1 amide bonds. The number of benzene rings is 1. The van der Waals surface area contributed by atoms with E-state index in [-0.39, 0.29) is 17.7 Å². The number of nitrogens with one attached hydrogen (secondary N) is 2. The fourth-order valence-electron chi connectivity index (χ4n) is 2.14. The Balaban J connectivity index is 2.24. The summed E-state index contributed by atoms with van der Waals surface area (Å²) in [5.74, 6) is 0.184. The Labute approximate surface area is 100 Å². The highest BCUT2D eigenvalue weighted by Gasteiger charge is 2.19. The second-order valence-electron chi connectivity index (χ2n) is 4.39. The second-order valence-corrected chi connectivity index (χ2v) is 4.39. The molecule has 1 heterocycles. The minimum Gasteiger partial charge on any atom is -0.326 e. The number of rotatable bonds is 4. The second kappa shape index (κ2) is 4.67. The molecule has 0 saturated carbocycles. The summed E-state index contributed by atoms with van der Waals surface area (Å²) in [5, 5.41) is 5.92. The Bertz CT molecular complexity index is 468. The van der Waals surface area contributed by atoms with Crippen LogP contribution in [-0.4, -0.2) is 18.7 Å². The van der Waals surface area contributed by atoms with Gasteiger partial charge in [-0.05, 0) is 31.2 Å². The quantitative estimate of drug-likeness (QED) is 0.825. The summed E-state index contributed by atoms with van der Waals surface area (Å²) < 4.78 is 0. The van der Waals surface area contributed by atoms with Crippen molar-refractivity contribution in [3.05, 3.63) is 29.3 Å². The molecule has 2 rings (SSSR count). The van der Waals surface area contributed by atoms with Gasteiger partial charge in [0.2, 0.25) is 5.91 Å². The van der Waals surface area contributed by atoms with E-state index in [0.717, 1.165) is 16.8 Å². The van der Waals surface area contributed by atoms with Gasteiger partial charge in [0.1, 0.15) is 5.78 Å². The van der Waals surface area contributed by atoms with Crippen molar-refractivity contribution in [2.75, 3.05) is 12.4 Å². The van der Waals surface area contributed by atoms with Crippen molar-refractivity contribution in [1.82, 2.24) is 5.32 Å². The van der Waals surface area contributed by atoms with E-state index < -0.39 is 0 Å². The minimum absolute atomic E-state index is 0.0218. The number of Topliss-reactive ketones (excluding diaryl/α,β-unsaturated/α-hetero) is 1. The van der Waals surface area contributed by atoms with Crippen LogP contribution in [0.5, 0.6) is 0 Å². The molecule has 0 aromatic heterocycles. The molecule has 1 atom stereocenters. The van der Waals surface area contributed by atoms with Crippen LogP contribution in [0.15, 0.2) is 18.2 Å². The van der Waals surface area contributed by atoms with Crippen LogP contribution in [0.4, 0.5) is 5.69 Å². The van der Waals surface area contributed by atoms with Crippen LogP contribution >= 0.6 is 0 Å². The molecule has 2 N–H and O–H groups in total. The first-order valence-corrected chi connectivity index (χ1v) is 5.69. The molecule has 1 aliphatic heterocycles. The van der Waals surface area contributed by atoms with Crippen molar-refractivity contribution in [2.45, 2.75) is 25.8 Å². The summed E-state index contributed by atoms with van der Waals surface area (Å²) in [7, 11) is 1.84. The monoisotopic (exact) mass is 232 g/mol. The SMILES string of the molecule is CNC(CC(C)=O)c1ccc2c(c1)CC(=O)N2. The van der Waals surface area contributed by atoms with Crippen molar-refractivity contribution in [1.29, 1.82) is 0 Å². The number of amides is 1. The van der Waals surface area contributed by atoms with Crippen LogP contribution in [0.25, 0.3) is 0 Å². The summed E-state index contributed by atoms with van der Waals surface area (Å²) in [4.78, 5) is 22.4. The number of carbonyl (C=O) groups is 2. The lowest BCUT2D eigenvalue weighted by Gasteiger charge is -2.15. The van der Waals surface area contributed by atoms with E-state index in [1.165, 1.54) is 0 Å². The van der Waals surface area contributed by atoms with Gasteiger partial charge in [-0.3, -0.25) is 9.59 Å². The van der Waals surface area contributed by atoms with Gasteiger partial charge in [-0.25, -0.2) is 0 Å². The molecule has 1 unspecified atom stereocenters. The summed E-state index contributed by atoms with van der Waals surface area (Å²) in [6.45, 7) is 1.59. The molecule has 4 nitrogen and oxygen atoms in total. The van der Waals surface area contributed by atoms with E-state index in [0.29, 0.717) is 12.8 Å². The van der Waals surface area contributed by atoms with Crippen molar-refractivity contribution < 1.29 is 9.59 Å². The number of fused-ring (bicyclic) bond motifs is 1. The molecule has 0 fully saturated rings. The summed E-state index contributed by atoms with van der Waals surface area (Å²) in [5.41, 5.74) is 2.95. The molecule has 0 radical (unpaired) electrons. The highest BCUT2D eigenvalue weighted by Crippen LogP contribution is 2.27. The van der Waals surface area contributed by atoms with E-state index >= 15 is 0 Å².